The fourth-order valence-electron chi connectivity index (χ4n) is 2.06. The van der Waals surface area contributed by atoms with Crippen LogP contribution < -0.4 is 10.1 Å². The van der Waals surface area contributed by atoms with E-state index in [4.69, 9.17) is 16.3 Å². The SMILES string of the molecule is Cc1cc(OCC(=O)N2CCNC(=O)C2C)ccc1Cl. The fourth-order valence-corrected chi connectivity index (χ4v) is 2.18. The minimum atomic E-state index is -0.452. The third-order valence-corrected chi connectivity index (χ3v) is 3.74. The highest BCUT2D eigenvalue weighted by Crippen LogP contribution is 2.21. The maximum absolute atomic E-state index is 12.1. The van der Waals surface area contributed by atoms with Crippen LogP contribution >= 0.6 is 11.6 Å². The van der Waals surface area contributed by atoms with E-state index in [0.717, 1.165) is 5.56 Å². The number of ether oxygens (including phenoxy) is 1. The second-order valence-electron chi connectivity index (χ2n) is 4.75. The molecule has 1 aromatic carbocycles. The highest BCUT2D eigenvalue weighted by molar-refractivity contribution is 6.31. The molecule has 5 nitrogen and oxygen atoms in total. The van der Waals surface area contributed by atoms with Gasteiger partial charge in [-0.1, -0.05) is 11.6 Å². The Morgan fingerprint density at radius 3 is 3.00 bits per heavy atom. The second kappa shape index (κ2) is 6.13. The van der Waals surface area contributed by atoms with Crippen molar-refractivity contribution in [1.29, 1.82) is 0 Å². The predicted octanol–water partition coefficient (Wildman–Crippen LogP) is 1.37. The Balaban J connectivity index is 1.94. The first-order valence-corrected chi connectivity index (χ1v) is 6.83. The fraction of sp³-hybridized carbons (Fsp3) is 0.429. The van der Waals surface area contributed by atoms with Crippen LogP contribution in [0.4, 0.5) is 0 Å². The molecule has 1 atom stereocenters. The number of carbonyl (C=O) groups is 2. The normalized spacial score (nSPS) is 18.6. The molecule has 0 radical (unpaired) electrons. The van der Waals surface area contributed by atoms with Crippen molar-refractivity contribution in [3.8, 4) is 5.75 Å². The number of halogens is 1. The molecule has 1 aliphatic heterocycles. The van der Waals surface area contributed by atoms with Gasteiger partial charge in [-0.3, -0.25) is 9.59 Å². The van der Waals surface area contributed by atoms with Crippen LogP contribution in [-0.4, -0.2) is 42.5 Å². The molecule has 0 aromatic heterocycles. The minimum Gasteiger partial charge on any atom is -0.484 e. The van der Waals surface area contributed by atoms with Crippen molar-refractivity contribution in [2.45, 2.75) is 19.9 Å². The predicted molar refractivity (Wildman–Crippen MR) is 75.9 cm³/mol. The van der Waals surface area contributed by atoms with Gasteiger partial charge >= 0.3 is 0 Å². The van der Waals surface area contributed by atoms with Gasteiger partial charge in [0, 0.05) is 18.1 Å². The molecule has 1 unspecified atom stereocenters. The molecule has 1 aromatic rings. The zero-order valence-electron chi connectivity index (χ0n) is 11.5. The van der Waals surface area contributed by atoms with Crippen molar-refractivity contribution in [3.05, 3.63) is 28.8 Å². The van der Waals surface area contributed by atoms with Gasteiger partial charge in [0.15, 0.2) is 6.61 Å². The summed E-state index contributed by atoms with van der Waals surface area (Å²) in [6, 6.07) is 4.77. The van der Waals surface area contributed by atoms with Gasteiger partial charge in [-0.2, -0.15) is 0 Å². The van der Waals surface area contributed by atoms with Gasteiger partial charge in [0.1, 0.15) is 11.8 Å². The monoisotopic (exact) mass is 296 g/mol. The number of rotatable bonds is 3. The molecule has 0 aliphatic carbocycles. The lowest BCUT2D eigenvalue weighted by molar-refractivity contribution is -0.143. The Hall–Kier alpha value is -1.75. The number of hydrogen-bond acceptors (Lipinski definition) is 3. The maximum Gasteiger partial charge on any atom is 0.261 e. The van der Waals surface area contributed by atoms with Crippen LogP contribution in [0.25, 0.3) is 0 Å². The Labute approximate surface area is 122 Å². The van der Waals surface area contributed by atoms with Gasteiger partial charge in [0.2, 0.25) is 5.91 Å². The summed E-state index contributed by atoms with van der Waals surface area (Å²) in [5.74, 6) is 0.265. The van der Waals surface area contributed by atoms with E-state index in [1.165, 1.54) is 4.90 Å². The Morgan fingerprint density at radius 1 is 1.55 bits per heavy atom. The number of hydrogen-bond donors (Lipinski definition) is 1. The van der Waals surface area contributed by atoms with E-state index >= 15 is 0 Å². The molecular weight excluding hydrogens is 280 g/mol. The standard InChI is InChI=1S/C14H17ClN2O3/c1-9-7-11(3-4-12(9)15)20-8-13(18)17-6-5-16-14(19)10(17)2/h3-4,7,10H,5-6,8H2,1-2H3,(H,16,19). The molecule has 1 fully saturated rings. The molecular formula is C14H17ClN2O3. The molecule has 0 saturated carbocycles. The maximum atomic E-state index is 12.1. The molecule has 6 heteroatoms. The van der Waals surface area contributed by atoms with Crippen molar-refractivity contribution in [2.75, 3.05) is 19.7 Å². The van der Waals surface area contributed by atoms with Crippen LogP contribution in [0.3, 0.4) is 0 Å². The van der Waals surface area contributed by atoms with E-state index in [-0.39, 0.29) is 18.4 Å². The number of aryl methyl sites for hydroxylation is 1. The third-order valence-electron chi connectivity index (χ3n) is 3.31. The van der Waals surface area contributed by atoms with E-state index in [1.807, 2.05) is 6.92 Å². The first-order chi connectivity index (χ1) is 9.49. The smallest absolute Gasteiger partial charge is 0.261 e. The average Bonchev–Trinajstić information content (AvgIpc) is 2.43. The van der Waals surface area contributed by atoms with E-state index in [2.05, 4.69) is 5.32 Å². The molecule has 2 amide bonds. The van der Waals surface area contributed by atoms with Crippen molar-refractivity contribution >= 4 is 23.4 Å². The van der Waals surface area contributed by atoms with Gasteiger partial charge in [0.05, 0.1) is 0 Å². The molecule has 1 N–H and O–H groups in total. The minimum absolute atomic E-state index is 0.0846. The van der Waals surface area contributed by atoms with E-state index in [1.54, 1.807) is 25.1 Å². The molecule has 1 saturated heterocycles. The summed E-state index contributed by atoms with van der Waals surface area (Å²) in [5, 5.41) is 3.37. The average molecular weight is 297 g/mol. The molecule has 0 bridgehead atoms. The number of benzene rings is 1. The van der Waals surface area contributed by atoms with Crippen LogP contribution in [-0.2, 0) is 9.59 Å². The number of nitrogens with one attached hydrogen (secondary N) is 1. The van der Waals surface area contributed by atoms with Gasteiger partial charge in [-0.05, 0) is 37.6 Å². The third kappa shape index (κ3) is 3.22. The number of carbonyl (C=O) groups excluding carboxylic acids is 2. The quantitative estimate of drug-likeness (QED) is 0.916. The summed E-state index contributed by atoms with van der Waals surface area (Å²) < 4.78 is 5.46. The molecule has 1 aliphatic rings. The number of piperazine rings is 1. The van der Waals surface area contributed by atoms with Crippen molar-refractivity contribution in [1.82, 2.24) is 10.2 Å². The topological polar surface area (TPSA) is 58.6 Å². The Kier molecular flexibility index (Phi) is 4.49. The molecule has 108 valence electrons. The molecule has 2 rings (SSSR count). The van der Waals surface area contributed by atoms with E-state index < -0.39 is 6.04 Å². The Bertz CT molecular complexity index is 533. The van der Waals surface area contributed by atoms with Crippen molar-refractivity contribution in [2.24, 2.45) is 0 Å². The number of nitrogens with zero attached hydrogens (tertiary/aromatic N) is 1. The van der Waals surface area contributed by atoms with Gasteiger partial charge in [0.25, 0.3) is 5.91 Å². The number of amides is 2. The summed E-state index contributed by atoms with van der Waals surface area (Å²) >= 11 is 5.93. The largest absolute Gasteiger partial charge is 0.484 e. The molecule has 20 heavy (non-hydrogen) atoms. The van der Waals surface area contributed by atoms with Gasteiger partial charge in [-0.15, -0.1) is 0 Å². The lowest BCUT2D eigenvalue weighted by atomic mass is 10.2. The summed E-state index contributed by atoms with van der Waals surface area (Å²) in [6.45, 7) is 4.48. The van der Waals surface area contributed by atoms with Crippen LogP contribution in [0.2, 0.25) is 5.02 Å². The summed E-state index contributed by atoms with van der Waals surface area (Å²) in [7, 11) is 0. The first-order valence-electron chi connectivity index (χ1n) is 6.45. The zero-order chi connectivity index (χ0) is 14.7. The van der Waals surface area contributed by atoms with Crippen molar-refractivity contribution < 1.29 is 14.3 Å². The lowest BCUT2D eigenvalue weighted by Crippen LogP contribution is -2.56. The van der Waals surface area contributed by atoms with Crippen LogP contribution in [0.5, 0.6) is 5.75 Å². The first kappa shape index (κ1) is 14.7. The summed E-state index contributed by atoms with van der Waals surface area (Å²) in [6.07, 6.45) is 0. The van der Waals surface area contributed by atoms with E-state index in [9.17, 15) is 9.59 Å². The molecule has 0 spiro atoms. The highest BCUT2D eigenvalue weighted by atomic mass is 35.5. The summed E-state index contributed by atoms with van der Waals surface area (Å²) in [5.41, 5.74) is 0.891. The van der Waals surface area contributed by atoms with E-state index in [0.29, 0.717) is 23.9 Å². The van der Waals surface area contributed by atoms with Crippen LogP contribution in [0.1, 0.15) is 12.5 Å². The van der Waals surface area contributed by atoms with Crippen molar-refractivity contribution in [3.63, 3.8) is 0 Å². The summed E-state index contributed by atoms with van der Waals surface area (Å²) in [4.78, 5) is 25.1. The van der Waals surface area contributed by atoms with Gasteiger partial charge in [-0.25, -0.2) is 0 Å². The zero-order valence-corrected chi connectivity index (χ0v) is 12.2. The second-order valence-corrected chi connectivity index (χ2v) is 5.16. The lowest BCUT2D eigenvalue weighted by Gasteiger charge is -2.32. The molecule has 1 heterocycles. The van der Waals surface area contributed by atoms with Gasteiger partial charge < -0.3 is 15.0 Å². The Morgan fingerprint density at radius 2 is 2.30 bits per heavy atom. The highest BCUT2D eigenvalue weighted by Gasteiger charge is 2.29. The van der Waals surface area contributed by atoms with Crippen LogP contribution in [0.15, 0.2) is 18.2 Å². The van der Waals surface area contributed by atoms with Crippen LogP contribution in [0, 0.1) is 6.92 Å².